The summed E-state index contributed by atoms with van der Waals surface area (Å²) in [6, 6.07) is 6.09. The fourth-order valence-electron chi connectivity index (χ4n) is 2.46. The molecule has 0 saturated heterocycles. The van der Waals surface area contributed by atoms with E-state index in [0.29, 0.717) is 5.92 Å². The number of imidazole rings is 1. The van der Waals surface area contributed by atoms with Crippen LogP contribution in [0, 0.1) is 5.92 Å². The molecule has 0 spiro atoms. The summed E-state index contributed by atoms with van der Waals surface area (Å²) in [6.07, 6.45) is 5.80. The number of methoxy groups -OCH3 is 1. The molecule has 1 heterocycles. The molecule has 0 radical (unpaired) electrons. The number of benzene rings is 1. The van der Waals surface area contributed by atoms with Crippen LogP contribution in [0.1, 0.15) is 26.3 Å². The minimum absolute atomic E-state index is 0.136. The van der Waals surface area contributed by atoms with Crippen LogP contribution in [-0.2, 0) is 13.1 Å². The van der Waals surface area contributed by atoms with Crippen LogP contribution in [0.2, 0.25) is 0 Å². The van der Waals surface area contributed by atoms with Gasteiger partial charge >= 0.3 is 0 Å². The zero-order chi connectivity index (χ0) is 16.7. The van der Waals surface area contributed by atoms with E-state index in [4.69, 9.17) is 9.47 Å². The van der Waals surface area contributed by atoms with E-state index in [1.165, 1.54) is 5.56 Å². The van der Waals surface area contributed by atoms with E-state index in [1.54, 1.807) is 7.11 Å². The van der Waals surface area contributed by atoms with Gasteiger partial charge in [-0.15, -0.1) is 0 Å². The van der Waals surface area contributed by atoms with Crippen LogP contribution in [0.3, 0.4) is 0 Å². The number of aromatic nitrogens is 2. The molecular formula is C18H27N3O2. The smallest absolute Gasteiger partial charge is 0.161 e. The van der Waals surface area contributed by atoms with Crippen molar-refractivity contribution in [3.63, 3.8) is 0 Å². The van der Waals surface area contributed by atoms with E-state index in [0.717, 1.165) is 31.1 Å². The molecule has 0 bridgehead atoms. The highest BCUT2D eigenvalue weighted by Crippen LogP contribution is 2.28. The molecule has 1 aromatic heterocycles. The molecule has 1 atom stereocenters. The van der Waals surface area contributed by atoms with Gasteiger partial charge in [0.2, 0.25) is 0 Å². The maximum Gasteiger partial charge on any atom is 0.161 e. The summed E-state index contributed by atoms with van der Waals surface area (Å²) in [4.78, 5) is 4.07. The van der Waals surface area contributed by atoms with E-state index in [2.05, 4.69) is 27.9 Å². The quantitative estimate of drug-likeness (QED) is 0.772. The van der Waals surface area contributed by atoms with Crippen molar-refractivity contribution >= 4 is 0 Å². The molecule has 2 aromatic rings. The van der Waals surface area contributed by atoms with Crippen LogP contribution in [0.25, 0.3) is 0 Å². The third-order valence-electron chi connectivity index (χ3n) is 3.49. The Morgan fingerprint density at radius 3 is 2.70 bits per heavy atom. The maximum absolute atomic E-state index is 5.74. The van der Waals surface area contributed by atoms with E-state index >= 15 is 0 Å². The molecule has 1 N–H and O–H groups in total. The Balaban J connectivity index is 1.83. The Bertz CT molecular complexity index is 582. The first-order valence-electron chi connectivity index (χ1n) is 8.08. The number of rotatable bonds is 9. The summed E-state index contributed by atoms with van der Waals surface area (Å²) >= 11 is 0. The highest BCUT2D eigenvalue weighted by atomic mass is 16.5. The largest absolute Gasteiger partial charge is 0.493 e. The molecule has 5 heteroatoms. The summed E-state index contributed by atoms with van der Waals surface area (Å²) < 4.78 is 13.3. The molecule has 2 rings (SSSR count). The van der Waals surface area contributed by atoms with Crippen LogP contribution >= 0.6 is 0 Å². The van der Waals surface area contributed by atoms with Gasteiger partial charge in [-0.2, -0.15) is 0 Å². The third kappa shape index (κ3) is 5.60. The van der Waals surface area contributed by atoms with E-state index in [-0.39, 0.29) is 6.10 Å². The average molecular weight is 317 g/mol. The molecule has 5 nitrogen and oxygen atoms in total. The molecule has 126 valence electrons. The van der Waals surface area contributed by atoms with Gasteiger partial charge in [0.25, 0.3) is 0 Å². The average Bonchev–Trinajstić information content (AvgIpc) is 3.01. The SMILES string of the molecule is COc1cc(CNCC(C)Cn2ccnc2)ccc1OC(C)C. The zero-order valence-electron chi connectivity index (χ0n) is 14.5. The lowest BCUT2D eigenvalue weighted by Gasteiger charge is -2.16. The van der Waals surface area contributed by atoms with Gasteiger partial charge in [-0.3, -0.25) is 0 Å². The summed E-state index contributed by atoms with van der Waals surface area (Å²) in [5.41, 5.74) is 1.19. The lowest BCUT2D eigenvalue weighted by atomic mass is 10.1. The summed E-state index contributed by atoms with van der Waals surface area (Å²) in [7, 11) is 1.67. The number of ether oxygens (including phenoxy) is 2. The van der Waals surface area contributed by atoms with Gasteiger partial charge in [-0.25, -0.2) is 4.98 Å². The topological polar surface area (TPSA) is 48.3 Å². The van der Waals surface area contributed by atoms with Crippen molar-refractivity contribution in [3.8, 4) is 11.5 Å². The number of nitrogens with zero attached hydrogens (tertiary/aromatic N) is 2. The second-order valence-electron chi connectivity index (χ2n) is 6.15. The van der Waals surface area contributed by atoms with Crippen molar-refractivity contribution in [2.24, 2.45) is 5.92 Å². The minimum Gasteiger partial charge on any atom is -0.493 e. The van der Waals surface area contributed by atoms with E-state index in [1.807, 2.05) is 44.7 Å². The van der Waals surface area contributed by atoms with Crippen LogP contribution in [0.15, 0.2) is 36.9 Å². The second kappa shape index (κ2) is 8.58. The number of hydrogen-bond donors (Lipinski definition) is 1. The summed E-state index contributed by atoms with van der Waals surface area (Å²) in [5.74, 6) is 2.11. The fourth-order valence-corrected chi connectivity index (χ4v) is 2.46. The summed E-state index contributed by atoms with van der Waals surface area (Å²) in [6.45, 7) is 8.98. The number of hydrogen-bond acceptors (Lipinski definition) is 4. The standard InChI is InChI=1S/C18H27N3O2/c1-14(2)23-17-6-5-16(9-18(17)22-4)11-20-10-15(3)12-21-8-7-19-13-21/h5-9,13-15,20H,10-12H2,1-4H3. The zero-order valence-corrected chi connectivity index (χ0v) is 14.5. The van der Waals surface area contributed by atoms with Gasteiger partial charge in [0, 0.05) is 25.5 Å². The Morgan fingerprint density at radius 1 is 1.22 bits per heavy atom. The minimum atomic E-state index is 0.136. The predicted octanol–water partition coefficient (Wildman–Crippen LogP) is 3.10. The first kappa shape index (κ1) is 17.3. The molecule has 1 aromatic carbocycles. The van der Waals surface area contributed by atoms with Crippen molar-refractivity contribution in [2.45, 2.75) is 40.0 Å². The molecule has 0 aliphatic rings. The first-order valence-corrected chi connectivity index (χ1v) is 8.08. The Hall–Kier alpha value is -2.01. The maximum atomic E-state index is 5.74. The molecule has 0 aliphatic carbocycles. The second-order valence-corrected chi connectivity index (χ2v) is 6.15. The van der Waals surface area contributed by atoms with Crippen LogP contribution in [0.4, 0.5) is 0 Å². The number of nitrogens with one attached hydrogen (secondary N) is 1. The third-order valence-corrected chi connectivity index (χ3v) is 3.49. The normalized spacial score (nSPS) is 12.4. The summed E-state index contributed by atoms with van der Waals surface area (Å²) in [5, 5.41) is 3.50. The molecule has 0 aliphatic heterocycles. The highest BCUT2D eigenvalue weighted by molar-refractivity contribution is 5.43. The molecule has 1 unspecified atom stereocenters. The predicted molar refractivity (Wildman–Crippen MR) is 91.9 cm³/mol. The van der Waals surface area contributed by atoms with Gasteiger partial charge in [-0.05, 0) is 44.0 Å². The molecule has 0 fully saturated rings. The van der Waals surface area contributed by atoms with Gasteiger partial charge in [-0.1, -0.05) is 13.0 Å². The lowest BCUT2D eigenvalue weighted by Crippen LogP contribution is -2.23. The van der Waals surface area contributed by atoms with Crippen molar-refractivity contribution in [1.29, 1.82) is 0 Å². The first-order chi connectivity index (χ1) is 11.1. The monoisotopic (exact) mass is 317 g/mol. The Morgan fingerprint density at radius 2 is 2.04 bits per heavy atom. The van der Waals surface area contributed by atoms with Crippen molar-refractivity contribution < 1.29 is 9.47 Å². The molecule has 0 saturated carbocycles. The van der Waals surface area contributed by atoms with Crippen LogP contribution in [0.5, 0.6) is 11.5 Å². The molecule has 23 heavy (non-hydrogen) atoms. The van der Waals surface area contributed by atoms with E-state index < -0.39 is 0 Å². The Labute approximate surface area is 138 Å². The van der Waals surface area contributed by atoms with Gasteiger partial charge in [0.05, 0.1) is 19.5 Å². The van der Waals surface area contributed by atoms with Gasteiger partial charge < -0.3 is 19.4 Å². The van der Waals surface area contributed by atoms with Crippen molar-refractivity contribution in [3.05, 3.63) is 42.5 Å². The highest BCUT2D eigenvalue weighted by Gasteiger charge is 2.08. The molecule has 0 amide bonds. The Kier molecular flexibility index (Phi) is 6.47. The van der Waals surface area contributed by atoms with Crippen LogP contribution in [-0.4, -0.2) is 29.3 Å². The fraction of sp³-hybridized carbons (Fsp3) is 0.500. The molecular weight excluding hydrogens is 290 g/mol. The van der Waals surface area contributed by atoms with Crippen LogP contribution < -0.4 is 14.8 Å². The van der Waals surface area contributed by atoms with Gasteiger partial charge in [0.1, 0.15) is 0 Å². The van der Waals surface area contributed by atoms with Crippen molar-refractivity contribution in [1.82, 2.24) is 14.9 Å². The lowest BCUT2D eigenvalue weighted by molar-refractivity contribution is 0.230. The van der Waals surface area contributed by atoms with Crippen molar-refractivity contribution in [2.75, 3.05) is 13.7 Å². The van der Waals surface area contributed by atoms with Gasteiger partial charge in [0.15, 0.2) is 11.5 Å². The van der Waals surface area contributed by atoms with E-state index in [9.17, 15) is 0 Å².